The average molecular weight is 275 g/mol. The van der Waals surface area contributed by atoms with Crippen molar-refractivity contribution < 1.29 is 4.57 Å². The topological polar surface area (TPSA) is 16.2 Å². The minimum atomic E-state index is 0.140. The largest absolute Gasteiger partial charge is 0.285 e. The molecule has 1 heterocycles. The molecule has 0 aliphatic heterocycles. The highest BCUT2D eigenvalue weighted by atomic mass is 14.9. The molecule has 0 saturated heterocycles. The van der Waals surface area contributed by atoms with Crippen molar-refractivity contribution in [3.63, 3.8) is 0 Å². The van der Waals surface area contributed by atoms with Crippen LogP contribution >= 0.6 is 0 Å². The van der Waals surface area contributed by atoms with E-state index in [1.54, 1.807) is 0 Å². The van der Waals surface area contributed by atoms with Crippen LogP contribution in [0.5, 0.6) is 0 Å². The summed E-state index contributed by atoms with van der Waals surface area (Å²) in [6.07, 6.45) is 6.04. The van der Waals surface area contributed by atoms with Gasteiger partial charge in [-0.3, -0.25) is 4.99 Å². The third-order valence-corrected chi connectivity index (χ3v) is 3.68. The molecule has 0 spiro atoms. The molecule has 0 radical (unpaired) electrons. The van der Waals surface area contributed by atoms with Gasteiger partial charge < -0.3 is 0 Å². The first-order chi connectivity index (χ1) is 10.2. The number of fused-ring (bicyclic) bond motifs is 1. The Balaban J connectivity index is 1.92. The van der Waals surface area contributed by atoms with Crippen LogP contribution in [-0.2, 0) is 7.05 Å². The highest BCUT2D eigenvalue weighted by Crippen LogP contribution is 2.26. The molecule has 3 aromatic rings. The molecule has 2 nitrogen and oxygen atoms in total. The molecule has 0 bridgehead atoms. The van der Waals surface area contributed by atoms with E-state index in [1.165, 1.54) is 16.3 Å². The summed E-state index contributed by atoms with van der Waals surface area (Å²) in [5.74, 6) is 0. The highest BCUT2D eigenvalue weighted by Gasteiger charge is 2.07. The molecule has 0 amide bonds. The van der Waals surface area contributed by atoms with Gasteiger partial charge in [0.25, 0.3) is 0 Å². The van der Waals surface area contributed by atoms with Crippen LogP contribution in [0.4, 0.5) is 0 Å². The van der Waals surface area contributed by atoms with Crippen LogP contribution in [0.3, 0.4) is 0 Å². The number of aryl methyl sites for hydroxylation is 1. The molecule has 0 fully saturated rings. The Morgan fingerprint density at radius 1 is 1.00 bits per heavy atom. The van der Waals surface area contributed by atoms with Gasteiger partial charge in [-0.05, 0) is 29.3 Å². The Kier molecular flexibility index (Phi) is 3.78. The van der Waals surface area contributed by atoms with Crippen LogP contribution in [0, 0.1) is 0 Å². The van der Waals surface area contributed by atoms with E-state index in [0.29, 0.717) is 0 Å². The third-order valence-electron chi connectivity index (χ3n) is 3.68. The van der Waals surface area contributed by atoms with E-state index in [9.17, 15) is 0 Å². The Hall–Kier alpha value is -2.48. The highest BCUT2D eigenvalue weighted by molar-refractivity contribution is 5.86. The van der Waals surface area contributed by atoms with E-state index in [-0.39, 0.29) is 6.04 Å². The van der Waals surface area contributed by atoms with Crippen molar-refractivity contribution in [2.75, 3.05) is 0 Å². The van der Waals surface area contributed by atoms with Crippen molar-refractivity contribution >= 4 is 17.0 Å². The third kappa shape index (κ3) is 3.00. The van der Waals surface area contributed by atoms with Gasteiger partial charge in [0.15, 0.2) is 12.4 Å². The van der Waals surface area contributed by atoms with Gasteiger partial charge in [-0.15, -0.1) is 0 Å². The van der Waals surface area contributed by atoms with Crippen LogP contribution < -0.4 is 4.57 Å². The van der Waals surface area contributed by atoms with Crippen LogP contribution in [0.1, 0.15) is 24.1 Å². The second-order valence-electron chi connectivity index (χ2n) is 5.33. The summed E-state index contributed by atoms with van der Waals surface area (Å²) in [5.41, 5.74) is 2.39. The lowest BCUT2D eigenvalue weighted by molar-refractivity contribution is -0.671. The number of rotatable bonds is 3. The summed E-state index contributed by atoms with van der Waals surface area (Å²) < 4.78 is 2.03. The molecular weight excluding hydrogens is 256 g/mol. The van der Waals surface area contributed by atoms with Crippen molar-refractivity contribution in [1.29, 1.82) is 0 Å². The molecule has 1 aromatic heterocycles. The number of pyridine rings is 1. The summed E-state index contributed by atoms with van der Waals surface area (Å²) in [6, 6.07) is 19.1. The summed E-state index contributed by atoms with van der Waals surface area (Å²) in [7, 11) is 2.02. The first-order valence-electron chi connectivity index (χ1n) is 7.20. The molecule has 0 N–H and O–H groups in total. The Bertz CT molecular complexity index is 785. The van der Waals surface area contributed by atoms with Crippen LogP contribution in [0.2, 0.25) is 0 Å². The maximum atomic E-state index is 4.72. The van der Waals surface area contributed by atoms with Crippen LogP contribution in [-0.4, -0.2) is 6.21 Å². The fourth-order valence-electron chi connectivity index (χ4n) is 2.58. The first-order valence-corrected chi connectivity index (χ1v) is 7.20. The Morgan fingerprint density at radius 2 is 1.81 bits per heavy atom. The summed E-state index contributed by atoms with van der Waals surface area (Å²) >= 11 is 0. The lowest BCUT2D eigenvalue weighted by Crippen LogP contribution is -2.26. The van der Waals surface area contributed by atoms with Crippen molar-refractivity contribution in [3.05, 3.63) is 78.1 Å². The number of hydrogen-bond acceptors (Lipinski definition) is 1. The van der Waals surface area contributed by atoms with Crippen LogP contribution in [0.25, 0.3) is 10.8 Å². The number of aliphatic imine (C=N–C) groups is 1. The zero-order valence-electron chi connectivity index (χ0n) is 12.4. The molecule has 0 unspecified atom stereocenters. The molecule has 2 aromatic carbocycles. The van der Waals surface area contributed by atoms with Crippen molar-refractivity contribution in [2.24, 2.45) is 12.0 Å². The lowest BCUT2D eigenvalue weighted by atomic mass is 10.00. The van der Waals surface area contributed by atoms with Gasteiger partial charge in [0.1, 0.15) is 7.05 Å². The van der Waals surface area contributed by atoms with Gasteiger partial charge in [0.05, 0.1) is 11.6 Å². The van der Waals surface area contributed by atoms with E-state index >= 15 is 0 Å². The van der Waals surface area contributed by atoms with Crippen molar-refractivity contribution in [1.82, 2.24) is 0 Å². The summed E-state index contributed by atoms with van der Waals surface area (Å²) in [5, 5.41) is 2.55. The maximum absolute atomic E-state index is 4.72. The average Bonchev–Trinajstić information content (AvgIpc) is 2.52. The van der Waals surface area contributed by atoms with E-state index < -0.39 is 0 Å². The van der Waals surface area contributed by atoms with Gasteiger partial charge in [-0.1, -0.05) is 42.5 Å². The molecule has 21 heavy (non-hydrogen) atoms. The molecule has 1 atom stereocenters. The lowest BCUT2D eigenvalue weighted by Gasteiger charge is -2.10. The van der Waals surface area contributed by atoms with Gasteiger partial charge in [-0.25, -0.2) is 4.57 Å². The molecular formula is C19H19N2+. The molecule has 104 valence electrons. The standard InChI is InChI=1S/C19H19N2/c1-15(20-13-16-7-6-12-21(2)14-16)18-11-5-9-17-8-3-4-10-19(17)18/h3-15H,1-2H3/q+1/t15-/m1/s1. The monoisotopic (exact) mass is 275 g/mol. The number of benzene rings is 2. The minimum Gasteiger partial charge on any atom is -0.285 e. The molecule has 0 aliphatic rings. The summed E-state index contributed by atoms with van der Waals surface area (Å²) in [4.78, 5) is 4.72. The van der Waals surface area contributed by atoms with E-state index in [2.05, 4.69) is 61.7 Å². The first kappa shape index (κ1) is 13.5. The number of hydrogen-bond donors (Lipinski definition) is 0. The number of nitrogens with zero attached hydrogens (tertiary/aromatic N) is 2. The van der Waals surface area contributed by atoms with Gasteiger partial charge in [0, 0.05) is 12.3 Å². The van der Waals surface area contributed by atoms with Gasteiger partial charge in [0.2, 0.25) is 0 Å². The number of aromatic nitrogens is 1. The van der Waals surface area contributed by atoms with E-state index in [4.69, 9.17) is 4.99 Å². The predicted octanol–water partition coefficient (Wildman–Crippen LogP) is 3.84. The quantitative estimate of drug-likeness (QED) is 0.510. The van der Waals surface area contributed by atoms with Crippen LogP contribution in [0.15, 0.2) is 72.0 Å². The molecule has 2 heteroatoms. The van der Waals surface area contributed by atoms with Crippen molar-refractivity contribution in [3.8, 4) is 0 Å². The fraction of sp³-hybridized carbons (Fsp3) is 0.158. The van der Waals surface area contributed by atoms with E-state index in [0.717, 1.165) is 5.56 Å². The Labute approximate surface area is 125 Å². The maximum Gasteiger partial charge on any atom is 0.177 e. The predicted molar refractivity (Wildman–Crippen MR) is 87.6 cm³/mol. The Morgan fingerprint density at radius 3 is 2.67 bits per heavy atom. The molecule has 0 saturated carbocycles. The second-order valence-corrected chi connectivity index (χ2v) is 5.33. The zero-order chi connectivity index (χ0) is 14.7. The molecule has 3 rings (SSSR count). The smallest absolute Gasteiger partial charge is 0.177 e. The fourth-order valence-corrected chi connectivity index (χ4v) is 2.58. The van der Waals surface area contributed by atoms with Crippen molar-refractivity contribution in [2.45, 2.75) is 13.0 Å². The summed E-state index contributed by atoms with van der Waals surface area (Å²) in [6.45, 7) is 2.14. The normalized spacial score (nSPS) is 12.9. The minimum absolute atomic E-state index is 0.140. The SMILES string of the molecule is C[C@@H](N=Cc1ccc[n+](C)c1)c1cccc2ccccc12. The van der Waals surface area contributed by atoms with Gasteiger partial charge in [-0.2, -0.15) is 0 Å². The van der Waals surface area contributed by atoms with E-state index in [1.807, 2.05) is 30.1 Å². The van der Waals surface area contributed by atoms with Gasteiger partial charge >= 0.3 is 0 Å². The second kappa shape index (κ2) is 5.88. The molecule has 0 aliphatic carbocycles. The zero-order valence-corrected chi connectivity index (χ0v) is 12.4.